The van der Waals surface area contributed by atoms with E-state index in [1.54, 1.807) is 13.3 Å². The number of hydrogen-bond donors (Lipinski definition) is 3. The number of furan rings is 1. The highest BCUT2D eigenvalue weighted by Crippen LogP contribution is 2.25. The standard InChI is InChI=1S/C15H26N4O3S/c1-16-15(17-8-7-14-6-3-10-22-14)18-9-11-23(20,21)19-12-13-4-2-5-13/h3,6,10,13,19H,2,4-5,7-9,11-12H2,1H3,(H2,16,17,18). The van der Waals surface area contributed by atoms with E-state index in [9.17, 15) is 8.42 Å². The molecule has 3 N–H and O–H groups in total. The molecule has 7 nitrogen and oxygen atoms in total. The molecule has 130 valence electrons. The van der Waals surface area contributed by atoms with Crippen molar-refractivity contribution in [2.45, 2.75) is 25.7 Å². The van der Waals surface area contributed by atoms with E-state index < -0.39 is 10.0 Å². The van der Waals surface area contributed by atoms with Gasteiger partial charge in [0.05, 0.1) is 12.0 Å². The number of hydrogen-bond acceptors (Lipinski definition) is 4. The van der Waals surface area contributed by atoms with Crippen LogP contribution < -0.4 is 15.4 Å². The van der Waals surface area contributed by atoms with E-state index in [4.69, 9.17) is 4.42 Å². The Bertz CT molecular complexity index is 580. The molecule has 0 aliphatic heterocycles. The molecule has 0 atom stereocenters. The predicted octanol–water partition coefficient (Wildman–Crippen LogP) is 0.707. The van der Waals surface area contributed by atoms with Crippen molar-refractivity contribution < 1.29 is 12.8 Å². The van der Waals surface area contributed by atoms with E-state index in [-0.39, 0.29) is 5.75 Å². The van der Waals surface area contributed by atoms with E-state index in [1.165, 1.54) is 6.42 Å². The minimum absolute atomic E-state index is 0.0403. The molecule has 2 rings (SSSR count). The van der Waals surface area contributed by atoms with Gasteiger partial charge in [0.25, 0.3) is 0 Å². The molecule has 23 heavy (non-hydrogen) atoms. The molecule has 0 saturated heterocycles. The summed E-state index contributed by atoms with van der Waals surface area (Å²) in [6.07, 6.45) is 5.87. The lowest BCUT2D eigenvalue weighted by molar-refractivity contribution is 0.316. The molecule has 0 radical (unpaired) electrons. The van der Waals surface area contributed by atoms with Gasteiger partial charge in [0.2, 0.25) is 10.0 Å². The first-order valence-electron chi connectivity index (χ1n) is 8.03. The van der Waals surface area contributed by atoms with Crippen LogP contribution in [0.25, 0.3) is 0 Å². The van der Waals surface area contributed by atoms with Crippen LogP contribution in [0.4, 0.5) is 0 Å². The minimum Gasteiger partial charge on any atom is -0.469 e. The van der Waals surface area contributed by atoms with Crippen LogP contribution in [-0.4, -0.2) is 46.8 Å². The fraction of sp³-hybridized carbons (Fsp3) is 0.667. The van der Waals surface area contributed by atoms with Crippen LogP contribution in [0, 0.1) is 5.92 Å². The molecule has 1 aromatic rings. The van der Waals surface area contributed by atoms with Crippen molar-refractivity contribution in [3.63, 3.8) is 0 Å². The number of sulfonamides is 1. The largest absolute Gasteiger partial charge is 0.469 e. The van der Waals surface area contributed by atoms with E-state index >= 15 is 0 Å². The third-order valence-electron chi connectivity index (χ3n) is 3.95. The van der Waals surface area contributed by atoms with Gasteiger partial charge in [-0.25, -0.2) is 13.1 Å². The van der Waals surface area contributed by atoms with Crippen molar-refractivity contribution in [3.8, 4) is 0 Å². The zero-order valence-corrected chi connectivity index (χ0v) is 14.4. The Morgan fingerprint density at radius 3 is 2.74 bits per heavy atom. The second-order valence-corrected chi connectivity index (χ2v) is 7.65. The SMILES string of the molecule is CN=C(NCCc1ccco1)NCCS(=O)(=O)NCC1CCC1. The third kappa shape index (κ3) is 6.62. The number of aliphatic imine (C=N–C) groups is 1. The predicted molar refractivity (Wildman–Crippen MR) is 90.9 cm³/mol. The van der Waals surface area contributed by atoms with Crippen molar-refractivity contribution in [3.05, 3.63) is 24.2 Å². The highest BCUT2D eigenvalue weighted by atomic mass is 32.2. The Hall–Kier alpha value is -1.54. The summed E-state index contributed by atoms with van der Waals surface area (Å²) >= 11 is 0. The quantitative estimate of drug-likeness (QED) is 0.454. The summed E-state index contributed by atoms with van der Waals surface area (Å²) in [5, 5.41) is 6.14. The summed E-state index contributed by atoms with van der Waals surface area (Å²) in [4.78, 5) is 4.07. The summed E-state index contributed by atoms with van der Waals surface area (Å²) in [5.74, 6) is 2.05. The molecule has 1 aliphatic rings. The van der Waals surface area contributed by atoms with Gasteiger partial charge in [0, 0.05) is 33.1 Å². The average Bonchev–Trinajstić information content (AvgIpc) is 2.97. The zero-order chi connectivity index (χ0) is 16.5. The van der Waals surface area contributed by atoms with Crippen molar-refractivity contribution in [1.29, 1.82) is 0 Å². The number of nitrogens with one attached hydrogen (secondary N) is 3. The summed E-state index contributed by atoms with van der Waals surface area (Å²) in [6, 6.07) is 3.77. The van der Waals surface area contributed by atoms with Crippen molar-refractivity contribution in [2.75, 3.05) is 32.4 Å². The third-order valence-corrected chi connectivity index (χ3v) is 5.30. The fourth-order valence-electron chi connectivity index (χ4n) is 2.30. The van der Waals surface area contributed by atoms with Gasteiger partial charge in [-0.3, -0.25) is 4.99 Å². The van der Waals surface area contributed by atoms with E-state index in [0.717, 1.165) is 25.0 Å². The van der Waals surface area contributed by atoms with E-state index in [0.29, 0.717) is 31.5 Å². The van der Waals surface area contributed by atoms with Gasteiger partial charge in [-0.05, 0) is 30.9 Å². The molecule has 0 amide bonds. The lowest BCUT2D eigenvalue weighted by Crippen LogP contribution is -2.42. The van der Waals surface area contributed by atoms with Gasteiger partial charge in [0.1, 0.15) is 5.76 Å². The van der Waals surface area contributed by atoms with E-state index in [2.05, 4.69) is 20.3 Å². The minimum atomic E-state index is -3.22. The van der Waals surface area contributed by atoms with Gasteiger partial charge in [-0.1, -0.05) is 6.42 Å². The van der Waals surface area contributed by atoms with Gasteiger partial charge in [-0.2, -0.15) is 0 Å². The summed E-state index contributed by atoms with van der Waals surface area (Å²) < 4.78 is 31.7. The lowest BCUT2D eigenvalue weighted by atomic mass is 9.86. The Labute approximate surface area is 138 Å². The molecule has 1 fully saturated rings. The van der Waals surface area contributed by atoms with Gasteiger partial charge >= 0.3 is 0 Å². The zero-order valence-electron chi connectivity index (χ0n) is 13.5. The normalized spacial score (nSPS) is 16.1. The van der Waals surface area contributed by atoms with Crippen LogP contribution in [0.2, 0.25) is 0 Å². The molecule has 0 aromatic carbocycles. The van der Waals surface area contributed by atoms with Gasteiger partial charge in [0.15, 0.2) is 5.96 Å². The van der Waals surface area contributed by atoms with Crippen LogP contribution >= 0.6 is 0 Å². The van der Waals surface area contributed by atoms with Crippen molar-refractivity contribution >= 4 is 16.0 Å². The highest BCUT2D eigenvalue weighted by molar-refractivity contribution is 7.89. The van der Waals surface area contributed by atoms with Crippen molar-refractivity contribution in [2.24, 2.45) is 10.9 Å². The maximum atomic E-state index is 11.9. The maximum Gasteiger partial charge on any atom is 0.213 e. The average molecular weight is 342 g/mol. The van der Waals surface area contributed by atoms with Crippen LogP contribution in [0.15, 0.2) is 27.8 Å². The molecule has 1 aromatic heterocycles. The topological polar surface area (TPSA) is 95.7 Å². The Balaban J connectivity index is 1.60. The van der Waals surface area contributed by atoms with Crippen molar-refractivity contribution in [1.82, 2.24) is 15.4 Å². The molecule has 1 heterocycles. The summed E-state index contributed by atoms with van der Waals surface area (Å²) in [5.41, 5.74) is 0. The Morgan fingerprint density at radius 1 is 1.35 bits per heavy atom. The summed E-state index contributed by atoms with van der Waals surface area (Å²) in [6.45, 7) is 1.55. The Kier molecular flexibility index (Phi) is 6.91. The fourth-order valence-corrected chi connectivity index (χ4v) is 3.30. The lowest BCUT2D eigenvalue weighted by Gasteiger charge is -2.25. The molecule has 8 heteroatoms. The van der Waals surface area contributed by atoms with Crippen LogP contribution in [0.1, 0.15) is 25.0 Å². The second-order valence-electron chi connectivity index (χ2n) is 5.72. The van der Waals surface area contributed by atoms with Crippen LogP contribution in [-0.2, 0) is 16.4 Å². The number of nitrogens with zero attached hydrogens (tertiary/aromatic N) is 1. The van der Waals surface area contributed by atoms with E-state index in [1.807, 2.05) is 12.1 Å². The number of rotatable bonds is 9. The molecule has 0 spiro atoms. The van der Waals surface area contributed by atoms with Crippen LogP contribution in [0.3, 0.4) is 0 Å². The monoisotopic (exact) mass is 342 g/mol. The summed E-state index contributed by atoms with van der Waals surface area (Å²) in [7, 11) is -1.56. The van der Waals surface area contributed by atoms with Crippen LogP contribution in [0.5, 0.6) is 0 Å². The molecule has 0 bridgehead atoms. The van der Waals surface area contributed by atoms with Gasteiger partial charge < -0.3 is 15.1 Å². The molecular weight excluding hydrogens is 316 g/mol. The molecular formula is C15H26N4O3S. The smallest absolute Gasteiger partial charge is 0.213 e. The molecule has 1 aliphatic carbocycles. The first-order valence-corrected chi connectivity index (χ1v) is 9.68. The highest BCUT2D eigenvalue weighted by Gasteiger charge is 2.19. The second kappa shape index (κ2) is 8.93. The molecule has 1 saturated carbocycles. The van der Waals surface area contributed by atoms with Gasteiger partial charge in [-0.15, -0.1) is 0 Å². The molecule has 0 unspecified atom stereocenters. The first kappa shape index (κ1) is 17.8. The maximum absolute atomic E-state index is 11.9. The first-order chi connectivity index (χ1) is 11.1. The Morgan fingerprint density at radius 2 is 2.13 bits per heavy atom. The number of guanidine groups is 1.